The van der Waals surface area contributed by atoms with Crippen LogP contribution in [0.5, 0.6) is 5.75 Å². The average molecular weight is 410 g/mol. The van der Waals surface area contributed by atoms with Crippen LogP contribution in [0, 0.1) is 0 Å². The summed E-state index contributed by atoms with van der Waals surface area (Å²) in [7, 11) is 0. The molecule has 0 unspecified atom stereocenters. The number of hydrogen-bond donors (Lipinski definition) is 3. The highest BCUT2D eigenvalue weighted by Crippen LogP contribution is 2.30. The summed E-state index contributed by atoms with van der Waals surface area (Å²) in [5, 5.41) is 17.1. The van der Waals surface area contributed by atoms with Crippen LogP contribution in [0.25, 0.3) is 0 Å². The molecule has 0 radical (unpaired) electrons. The number of aromatic hydroxyl groups is 1. The molecule has 150 valence electrons. The molecule has 1 aromatic heterocycles. The second-order valence-corrected chi connectivity index (χ2v) is 7.48. The number of aromatic nitrogens is 2. The van der Waals surface area contributed by atoms with E-state index >= 15 is 0 Å². The second-order valence-electron chi connectivity index (χ2n) is 6.95. The lowest BCUT2D eigenvalue weighted by Crippen LogP contribution is -2.27. The number of para-hydroxylation sites is 1. The van der Waals surface area contributed by atoms with Gasteiger partial charge in [-0.2, -0.15) is 8.75 Å². The molecule has 0 bridgehead atoms. The van der Waals surface area contributed by atoms with E-state index in [1.54, 1.807) is 23.1 Å². The lowest BCUT2D eigenvalue weighted by atomic mass is 10.1. The summed E-state index contributed by atoms with van der Waals surface area (Å²) in [6.45, 7) is 2.54. The Morgan fingerprint density at radius 2 is 1.79 bits per heavy atom. The Kier molecular flexibility index (Phi) is 5.90. The van der Waals surface area contributed by atoms with Gasteiger partial charge in [-0.15, -0.1) is 0 Å². The number of phenols is 1. The number of phenolic OH excluding ortho intramolecular Hbond substituents is 1. The molecule has 3 N–H and O–H groups in total. The molecule has 29 heavy (non-hydrogen) atoms. The first-order chi connectivity index (χ1) is 14.2. The third kappa shape index (κ3) is 4.48. The molecule has 1 saturated heterocycles. The van der Waals surface area contributed by atoms with Crippen molar-refractivity contribution in [3.63, 3.8) is 0 Å². The lowest BCUT2D eigenvalue weighted by molar-refractivity contribution is 0.0790. The monoisotopic (exact) mass is 409 g/mol. The van der Waals surface area contributed by atoms with Gasteiger partial charge in [0.1, 0.15) is 5.69 Å². The summed E-state index contributed by atoms with van der Waals surface area (Å²) in [4.78, 5) is 14.4. The topological polar surface area (TPSA) is 90.4 Å². The fraction of sp³-hybridized carbons (Fsp3) is 0.286. The molecule has 1 amide bonds. The van der Waals surface area contributed by atoms with Crippen LogP contribution in [-0.4, -0.2) is 37.8 Å². The molecule has 3 aromatic rings. The van der Waals surface area contributed by atoms with Crippen LogP contribution < -0.4 is 10.6 Å². The molecule has 0 aliphatic carbocycles. The highest BCUT2D eigenvalue weighted by atomic mass is 32.1. The summed E-state index contributed by atoms with van der Waals surface area (Å²) in [6.07, 6.45) is 2.03. The predicted molar refractivity (Wildman–Crippen MR) is 114 cm³/mol. The van der Waals surface area contributed by atoms with Crippen molar-refractivity contribution in [1.29, 1.82) is 0 Å². The van der Waals surface area contributed by atoms with Gasteiger partial charge in [-0.1, -0.05) is 36.4 Å². The van der Waals surface area contributed by atoms with Gasteiger partial charge in [0.15, 0.2) is 11.6 Å². The number of amides is 1. The number of carbonyl (C=O) groups is 1. The van der Waals surface area contributed by atoms with E-state index in [4.69, 9.17) is 0 Å². The zero-order valence-electron chi connectivity index (χ0n) is 16.0. The van der Waals surface area contributed by atoms with Gasteiger partial charge in [-0.3, -0.25) is 4.79 Å². The van der Waals surface area contributed by atoms with Crippen molar-refractivity contribution < 1.29 is 9.90 Å². The fourth-order valence-electron chi connectivity index (χ4n) is 3.37. The number of benzene rings is 2. The van der Waals surface area contributed by atoms with Gasteiger partial charge < -0.3 is 20.6 Å². The molecule has 0 atom stereocenters. The Labute approximate surface area is 173 Å². The Morgan fingerprint density at radius 1 is 1.00 bits per heavy atom. The first kappa shape index (κ1) is 19.2. The minimum atomic E-state index is -0.121. The molecule has 7 nitrogen and oxygen atoms in total. The van der Waals surface area contributed by atoms with Crippen molar-refractivity contribution >= 4 is 29.1 Å². The molecule has 0 spiro atoms. The van der Waals surface area contributed by atoms with E-state index in [0.717, 1.165) is 54.7 Å². The summed E-state index contributed by atoms with van der Waals surface area (Å²) in [5.74, 6) is 0.575. The number of nitrogens with zero attached hydrogens (tertiary/aromatic N) is 3. The zero-order chi connectivity index (χ0) is 20.1. The maximum atomic E-state index is 12.6. The van der Waals surface area contributed by atoms with E-state index in [1.807, 2.05) is 30.3 Å². The van der Waals surface area contributed by atoms with Gasteiger partial charge in [0.05, 0.1) is 29.5 Å². The number of anilines is 2. The van der Waals surface area contributed by atoms with E-state index in [0.29, 0.717) is 24.3 Å². The van der Waals surface area contributed by atoms with Crippen molar-refractivity contribution in [1.82, 2.24) is 13.6 Å². The third-order valence-corrected chi connectivity index (χ3v) is 5.53. The first-order valence-electron chi connectivity index (χ1n) is 9.67. The van der Waals surface area contributed by atoms with Crippen molar-refractivity contribution in [2.45, 2.75) is 25.9 Å². The number of hydrogen-bond acceptors (Lipinski definition) is 7. The number of carbonyl (C=O) groups excluding carboxylic acids is 1. The number of likely N-dealkylation sites (tertiary alicyclic amines) is 1. The van der Waals surface area contributed by atoms with Gasteiger partial charge in [0.25, 0.3) is 5.91 Å². The molecule has 2 aromatic carbocycles. The SMILES string of the molecule is O=C(c1cccc(NCc2nsnc2NCc2ccccc2)c1O)N1CCCC1. The Bertz CT molecular complexity index is 970. The predicted octanol–water partition coefficient (Wildman–Crippen LogP) is 3.70. The number of nitrogens with one attached hydrogen (secondary N) is 2. The molecule has 1 aliphatic heterocycles. The smallest absolute Gasteiger partial charge is 0.257 e. The van der Waals surface area contributed by atoms with Crippen molar-refractivity contribution in [2.75, 3.05) is 23.7 Å². The lowest BCUT2D eigenvalue weighted by Gasteiger charge is -2.17. The minimum Gasteiger partial charge on any atom is -0.505 e. The molecule has 0 saturated carbocycles. The quantitative estimate of drug-likeness (QED) is 0.516. The van der Waals surface area contributed by atoms with E-state index in [1.165, 1.54) is 0 Å². The van der Waals surface area contributed by atoms with Crippen molar-refractivity contribution in [3.05, 3.63) is 65.4 Å². The fourth-order valence-corrected chi connectivity index (χ4v) is 3.91. The van der Waals surface area contributed by atoms with Gasteiger partial charge in [0.2, 0.25) is 0 Å². The highest BCUT2D eigenvalue weighted by molar-refractivity contribution is 6.99. The zero-order valence-corrected chi connectivity index (χ0v) is 16.8. The van der Waals surface area contributed by atoms with Crippen LogP contribution >= 0.6 is 11.7 Å². The molecule has 2 heterocycles. The summed E-state index contributed by atoms with van der Waals surface area (Å²) in [6, 6.07) is 15.3. The van der Waals surface area contributed by atoms with Crippen LogP contribution in [0.4, 0.5) is 11.5 Å². The van der Waals surface area contributed by atoms with Gasteiger partial charge >= 0.3 is 0 Å². The van der Waals surface area contributed by atoms with Gasteiger partial charge in [-0.05, 0) is 30.5 Å². The van der Waals surface area contributed by atoms with E-state index in [2.05, 4.69) is 19.4 Å². The number of rotatable bonds is 7. The molecule has 1 fully saturated rings. The molecular weight excluding hydrogens is 386 g/mol. The maximum Gasteiger partial charge on any atom is 0.257 e. The van der Waals surface area contributed by atoms with Gasteiger partial charge in [0, 0.05) is 19.6 Å². The Hall–Kier alpha value is -3.13. The van der Waals surface area contributed by atoms with Crippen LogP contribution in [-0.2, 0) is 13.1 Å². The normalized spacial score (nSPS) is 13.4. The maximum absolute atomic E-state index is 12.6. The van der Waals surface area contributed by atoms with Crippen molar-refractivity contribution in [3.8, 4) is 5.75 Å². The molecular formula is C21H23N5O2S. The summed E-state index contributed by atoms with van der Waals surface area (Å²) >= 11 is 1.14. The molecule has 1 aliphatic rings. The molecule has 8 heteroatoms. The first-order valence-corrected chi connectivity index (χ1v) is 10.4. The standard InChI is InChI=1S/C21H23N5O2S/c27-19-16(21(28)26-11-4-5-12-26)9-6-10-17(19)22-14-18-20(25-29-24-18)23-13-15-7-2-1-3-8-15/h1-3,6-10,22,27H,4-5,11-14H2,(H,23,25). The highest BCUT2D eigenvalue weighted by Gasteiger charge is 2.23. The Balaban J connectivity index is 1.41. The Morgan fingerprint density at radius 3 is 2.59 bits per heavy atom. The second kappa shape index (κ2) is 8.91. The molecule has 4 rings (SSSR count). The summed E-state index contributed by atoms with van der Waals surface area (Å²) < 4.78 is 8.66. The largest absolute Gasteiger partial charge is 0.505 e. The van der Waals surface area contributed by atoms with Crippen LogP contribution in [0.3, 0.4) is 0 Å². The van der Waals surface area contributed by atoms with E-state index in [-0.39, 0.29) is 11.7 Å². The average Bonchev–Trinajstić information content (AvgIpc) is 3.44. The van der Waals surface area contributed by atoms with Crippen LogP contribution in [0.1, 0.15) is 34.5 Å². The van der Waals surface area contributed by atoms with Gasteiger partial charge in [-0.25, -0.2) is 0 Å². The van der Waals surface area contributed by atoms with Crippen LogP contribution in [0.2, 0.25) is 0 Å². The van der Waals surface area contributed by atoms with Crippen molar-refractivity contribution in [2.24, 2.45) is 0 Å². The van der Waals surface area contributed by atoms with E-state index < -0.39 is 0 Å². The van der Waals surface area contributed by atoms with E-state index in [9.17, 15) is 9.90 Å². The third-order valence-electron chi connectivity index (χ3n) is 4.97. The summed E-state index contributed by atoms with van der Waals surface area (Å²) in [5.41, 5.74) is 2.76. The minimum absolute atomic E-state index is 0.0219. The van der Waals surface area contributed by atoms with Crippen LogP contribution in [0.15, 0.2) is 48.5 Å².